The summed E-state index contributed by atoms with van der Waals surface area (Å²) in [4.78, 5) is 30.7. The Bertz CT molecular complexity index is 1030. The first kappa shape index (κ1) is 20.5. The highest BCUT2D eigenvalue weighted by molar-refractivity contribution is 6.31. The van der Waals surface area contributed by atoms with Crippen LogP contribution >= 0.6 is 11.6 Å². The Kier molecular flexibility index (Phi) is 6.14. The summed E-state index contributed by atoms with van der Waals surface area (Å²) in [5.74, 6) is -1.41. The summed E-state index contributed by atoms with van der Waals surface area (Å²) < 4.78 is 5.67. The van der Waals surface area contributed by atoms with Gasteiger partial charge in [-0.25, -0.2) is 0 Å². The average Bonchev–Trinajstić information content (AvgIpc) is 2.74. The second-order valence-electron chi connectivity index (χ2n) is 7.77. The summed E-state index contributed by atoms with van der Waals surface area (Å²) in [6.45, 7) is 2.12. The number of esters is 1. The van der Waals surface area contributed by atoms with Crippen LogP contribution < -0.4 is 0 Å². The van der Waals surface area contributed by atoms with Crippen LogP contribution in [-0.4, -0.2) is 24.1 Å². The standard InChI is InChI=1S/C25H24ClNO3/c1-16-22(25(29)30-15-14-17-8-3-2-4-9-17)23(18-10-5-6-11-19(18)26)24-20(27-16)12-7-13-21(24)28/h2-6,8-11,22-23H,7,12-15H2,1H3/t22?,23-/m0/s1. The lowest BCUT2D eigenvalue weighted by Crippen LogP contribution is -2.37. The monoisotopic (exact) mass is 421 g/mol. The number of nitrogens with zero attached hydrogens (tertiary/aromatic N) is 1. The number of aliphatic imine (C=N–C) groups is 1. The van der Waals surface area contributed by atoms with E-state index in [1.165, 1.54) is 0 Å². The number of benzene rings is 2. The van der Waals surface area contributed by atoms with E-state index in [4.69, 9.17) is 16.3 Å². The van der Waals surface area contributed by atoms with Gasteiger partial charge in [-0.3, -0.25) is 14.6 Å². The van der Waals surface area contributed by atoms with E-state index in [0.717, 1.165) is 29.7 Å². The van der Waals surface area contributed by atoms with Gasteiger partial charge in [0.15, 0.2) is 5.78 Å². The van der Waals surface area contributed by atoms with Crippen molar-refractivity contribution in [3.8, 4) is 0 Å². The molecule has 30 heavy (non-hydrogen) atoms. The minimum Gasteiger partial charge on any atom is -0.465 e. The normalized spacial score (nSPS) is 21.1. The highest BCUT2D eigenvalue weighted by Gasteiger charge is 2.43. The third kappa shape index (κ3) is 4.10. The van der Waals surface area contributed by atoms with Gasteiger partial charge in [-0.2, -0.15) is 0 Å². The number of ketones is 1. The van der Waals surface area contributed by atoms with E-state index in [1.807, 2.05) is 55.5 Å². The molecule has 0 aromatic heterocycles. The van der Waals surface area contributed by atoms with Gasteiger partial charge in [-0.05, 0) is 37.0 Å². The van der Waals surface area contributed by atoms with Gasteiger partial charge >= 0.3 is 5.97 Å². The fourth-order valence-electron chi connectivity index (χ4n) is 4.38. The number of Topliss-reactive ketones (excluding diaryl/α,β-unsaturated/α-hetero) is 1. The van der Waals surface area contributed by atoms with Crippen LogP contribution in [0.25, 0.3) is 0 Å². The summed E-state index contributed by atoms with van der Waals surface area (Å²) >= 11 is 6.51. The number of hydrogen-bond donors (Lipinski definition) is 0. The molecule has 154 valence electrons. The number of rotatable bonds is 5. The Morgan fingerprint density at radius 1 is 1.10 bits per heavy atom. The smallest absolute Gasteiger partial charge is 0.315 e. The Labute approximate surface area is 181 Å². The van der Waals surface area contributed by atoms with Crippen molar-refractivity contribution in [1.29, 1.82) is 0 Å². The molecule has 0 saturated carbocycles. The zero-order valence-electron chi connectivity index (χ0n) is 16.9. The van der Waals surface area contributed by atoms with E-state index in [1.54, 1.807) is 6.07 Å². The maximum atomic E-state index is 13.2. The van der Waals surface area contributed by atoms with Gasteiger partial charge in [0, 0.05) is 40.8 Å². The summed E-state index contributed by atoms with van der Waals surface area (Å²) in [6, 6.07) is 17.3. The van der Waals surface area contributed by atoms with Gasteiger partial charge in [-0.15, -0.1) is 0 Å². The summed E-state index contributed by atoms with van der Waals surface area (Å²) in [6.07, 6.45) is 2.65. The molecule has 0 fully saturated rings. The lowest BCUT2D eigenvalue weighted by molar-refractivity contribution is -0.146. The number of halogens is 1. The van der Waals surface area contributed by atoms with Crippen LogP contribution in [0.1, 0.15) is 43.2 Å². The Balaban J connectivity index is 1.64. The quantitative estimate of drug-likeness (QED) is 0.615. The highest BCUT2D eigenvalue weighted by atomic mass is 35.5. The first-order valence-corrected chi connectivity index (χ1v) is 10.7. The van der Waals surface area contributed by atoms with Crippen molar-refractivity contribution in [1.82, 2.24) is 0 Å². The van der Waals surface area contributed by atoms with E-state index >= 15 is 0 Å². The number of hydrogen-bond acceptors (Lipinski definition) is 4. The van der Waals surface area contributed by atoms with E-state index in [9.17, 15) is 9.59 Å². The van der Waals surface area contributed by atoms with Crippen molar-refractivity contribution in [2.45, 2.75) is 38.5 Å². The molecule has 0 saturated heterocycles. The summed E-state index contributed by atoms with van der Waals surface area (Å²) in [5.41, 5.74) is 3.99. The molecule has 0 radical (unpaired) electrons. The molecule has 2 atom stereocenters. The van der Waals surface area contributed by atoms with E-state index < -0.39 is 11.8 Å². The van der Waals surface area contributed by atoms with E-state index in [2.05, 4.69) is 4.99 Å². The number of carbonyl (C=O) groups is 2. The number of ether oxygens (including phenoxy) is 1. The molecule has 2 aromatic carbocycles. The van der Waals surface area contributed by atoms with Crippen molar-refractivity contribution < 1.29 is 14.3 Å². The molecular weight excluding hydrogens is 398 g/mol. The van der Waals surface area contributed by atoms with Gasteiger partial charge in [0.05, 0.1) is 6.61 Å². The van der Waals surface area contributed by atoms with Crippen LogP contribution in [0.3, 0.4) is 0 Å². The topological polar surface area (TPSA) is 55.7 Å². The molecule has 5 heteroatoms. The number of carbonyl (C=O) groups excluding carboxylic acids is 2. The predicted octanol–water partition coefficient (Wildman–Crippen LogP) is 5.31. The summed E-state index contributed by atoms with van der Waals surface area (Å²) in [5, 5.41) is 0.546. The third-order valence-corrected chi connectivity index (χ3v) is 6.15. The van der Waals surface area contributed by atoms with Gasteiger partial charge in [0.25, 0.3) is 0 Å². The largest absolute Gasteiger partial charge is 0.465 e. The molecule has 1 unspecified atom stereocenters. The molecule has 0 bridgehead atoms. The van der Waals surface area contributed by atoms with Crippen molar-refractivity contribution in [2.75, 3.05) is 6.61 Å². The third-order valence-electron chi connectivity index (χ3n) is 5.81. The average molecular weight is 422 g/mol. The maximum absolute atomic E-state index is 13.2. The Morgan fingerprint density at radius 3 is 2.60 bits per heavy atom. The zero-order valence-corrected chi connectivity index (χ0v) is 17.7. The summed E-state index contributed by atoms with van der Waals surface area (Å²) in [7, 11) is 0. The predicted molar refractivity (Wildman–Crippen MR) is 118 cm³/mol. The van der Waals surface area contributed by atoms with Crippen molar-refractivity contribution in [2.24, 2.45) is 10.9 Å². The van der Waals surface area contributed by atoms with Crippen molar-refractivity contribution in [3.05, 3.63) is 82.0 Å². The molecular formula is C25H24ClNO3. The SMILES string of the molecule is CC1=NC2=C(C(=O)CCC2)[C@@H](c2ccccc2Cl)C1C(=O)OCCc1ccccc1. The lowest BCUT2D eigenvalue weighted by atomic mass is 9.72. The fraction of sp³-hybridized carbons (Fsp3) is 0.320. The molecule has 2 aliphatic rings. The second kappa shape index (κ2) is 8.97. The molecule has 1 heterocycles. The van der Waals surface area contributed by atoms with Crippen LogP contribution in [0.2, 0.25) is 5.02 Å². The molecule has 0 amide bonds. The fourth-order valence-corrected chi connectivity index (χ4v) is 4.63. The molecule has 1 aliphatic carbocycles. The Morgan fingerprint density at radius 2 is 1.83 bits per heavy atom. The van der Waals surface area contributed by atoms with Gasteiger partial charge in [0.2, 0.25) is 0 Å². The minimum atomic E-state index is -0.651. The van der Waals surface area contributed by atoms with E-state index in [-0.39, 0.29) is 18.4 Å². The van der Waals surface area contributed by atoms with Crippen LogP contribution in [0.15, 0.2) is 70.9 Å². The first-order chi connectivity index (χ1) is 14.6. The van der Waals surface area contributed by atoms with Crippen LogP contribution in [0, 0.1) is 5.92 Å². The molecule has 0 spiro atoms. The molecule has 4 rings (SSSR count). The molecule has 0 N–H and O–H groups in total. The number of allylic oxidation sites excluding steroid dienone is 2. The van der Waals surface area contributed by atoms with Gasteiger partial charge in [-0.1, -0.05) is 60.1 Å². The van der Waals surface area contributed by atoms with Crippen LogP contribution in [-0.2, 0) is 20.7 Å². The Hall–Kier alpha value is -2.72. The molecule has 1 aliphatic heterocycles. The van der Waals surface area contributed by atoms with E-state index in [0.29, 0.717) is 29.1 Å². The lowest BCUT2D eigenvalue weighted by Gasteiger charge is -2.34. The molecule has 2 aromatic rings. The van der Waals surface area contributed by atoms with Crippen molar-refractivity contribution in [3.63, 3.8) is 0 Å². The maximum Gasteiger partial charge on any atom is 0.315 e. The zero-order chi connectivity index (χ0) is 21.1. The first-order valence-electron chi connectivity index (χ1n) is 10.3. The van der Waals surface area contributed by atoms with Gasteiger partial charge < -0.3 is 4.74 Å². The second-order valence-corrected chi connectivity index (χ2v) is 8.18. The van der Waals surface area contributed by atoms with Gasteiger partial charge in [0.1, 0.15) is 5.92 Å². The highest BCUT2D eigenvalue weighted by Crippen LogP contribution is 2.45. The van der Waals surface area contributed by atoms with Crippen LogP contribution in [0.4, 0.5) is 0 Å². The van der Waals surface area contributed by atoms with Crippen molar-refractivity contribution >= 4 is 29.1 Å². The van der Waals surface area contributed by atoms with Crippen LogP contribution in [0.5, 0.6) is 0 Å². The minimum absolute atomic E-state index is 0.0551. The molecule has 4 nitrogen and oxygen atoms in total.